The molecule has 2 nitrogen and oxygen atoms in total. The van der Waals surface area contributed by atoms with Crippen molar-refractivity contribution in [3.05, 3.63) is 66.0 Å². The van der Waals surface area contributed by atoms with Gasteiger partial charge in [-0.05, 0) is 23.3 Å². The van der Waals surface area contributed by atoms with Gasteiger partial charge in [0.25, 0.3) is 0 Å². The number of hydrogen-bond acceptors (Lipinski definition) is 1. The highest BCUT2D eigenvalue weighted by Crippen LogP contribution is 2.22. The van der Waals surface area contributed by atoms with Gasteiger partial charge in [0, 0.05) is 11.6 Å². The van der Waals surface area contributed by atoms with Crippen LogP contribution in [0.4, 0.5) is 4.39 Å². The molecule has 0 aromatic heterocycles. The first kappa shape index (κ1) is 12.0. The van der Waals surface area contributed by atoms with E-state index in [1.165, 1.54) is 12.1 Å². The minimum atomic E-state index is -0.992. The lowest BCUT2D eigenvalue weighted by Gasteiger charge is -2.03. The maximum atomic E-state index is 13.5. The second-order valence-corrected chi connectivity index (χ2v) is 3.77. The molecule has 0 heterocycles. The summed E-state index contributed by atoms with van der Waals surface area (Å²) in [5.74, 6) is -1.26. The topological polar surface area (TPSA) is 37.3 Å². The van der Waals surface area contributed by atoms with Crippen LogP contribution in [-0.2, 0) is 4.79 Å². The molecule has 90 valence electrons. The highest BCUT2D eigenvalue weighted by Gasteiger charge is 2.02. The van der Waals surface area contributed by atoms with Crippen LogP contribution in [0.25, 0.3) is 17.2 Å². The van der Waals surface area contributed by atoms with E-state index in [1.54, 1.807) is 42.5 Å². The van der Waals surface area contributed by atoms with Gasteiger partial charge in [-0.25, -0.2) is 9.18 Å². The van der Waals surface area contributed by atoms with E-state index in [0.29, 0.717) is 5.56 Å². The molecule has 1 N–H and O–H groups in total. The summed E-state index contributed by atoms with van der Waals surface area (Å²) < 4.78 is 13.5. The quantitative estimate of drug-likeness (QED) is 0.835. The Hall–Kier alpha value is -2.42. The summed E-state index contributed by atoms with van der Waals surface area (Å²) in [6, 6.07) is 13.6. The standard InChI is InChI=1S/C15H11FO2/c16-14-4-2-1-3-13(14)12-8-5-11(6-9-12)7-10-15(17)18/h1-10H,(H,17,18)/b10-7+. The maximum absolute atomic E-state index is 13.5. The van der Waals surface area contributed by atoms with Gasteiger partial charge >= 0.3 is 5.97 Å². The summed E-state index contributed by atoms with van der Waals surface area (Å²) in [7, 11) is 0. The van der Waals surface area contributed by atoms with E-state index in [0.717, 1.165) is 17.2 Å². The van der Waals surface area contributed by atoms with Crippen molar-refractivity contribution in [2.24, 2.45) is 0 Å². The molecule has 0 bridgehead atoms. The Labute approximate surface area is 104 Å². The summed E-state index contributed by atoms with van der Waals surface area (Å²) in [6.07, 6.45) is 2.56. The molecule has 0 saturated heterocycles. The smallest absolute Gasteiger partial charge is 0.328 e. The molecule has 18 heavy (non-hydrogen) atoms. The van der Waals surface area contributed by atoms with E-state index < -0.39 is 5.97 Å². The van der Waals surface area contributed by atoms with Gasteiger partial charge in [0.05, 0.1) is 0 Å². The molecular formula is C15H11FO2. The number of carbonyl (C=O) groups is 1. The lowest BCUT2D eigenvalue weighted by atomic mass is 10.0. The lowest BCUT2D eigenvalue weighted by Crippen LogP contribution is -1.86. The van der Waals surface area contributed by atoms with Crippen molar-refractivity contribution in [2.75, 3.05) is 0 Å². The fraction of sp³-hybridized carbons (Fsp3) is 0. The van der Waals surface area contributed by atoms with Crippen LogP contribution >= 0.6 is 0 Å². The van der Waals surface area contributed by atoms with E-state index in [9.17, 15) is 9.18 Å². The number of rotatable bonds is 3. The first-order valence-electron chi connectivity index (χ1n) is 5.43. The zero-order valence-electron chi connectivity index (χ0n) is 9.51. The molecule has 0 fully saturated rings. The largest absolute Gasteiger partial charge is 0.478 e. The fourth-order valence-electron chi connectivity index (χ4n) is 1.64. The lowest BCUT2D eigenvalue weighted by molar-refractivity contribution is -0.131. The summed E-state index contributed by atoms with van der Waals surface area (Å²) in [4.78, 5) is 10.4. The van der Waals surface area contributed by atoms with E-state index in [1.807, 2.05) is 0 Å². The molecule has 3 heteroatoms. The van der Waals surface area contributed by atoms with Crippen molar-refractivity contribution in [2.45, 2.75) is 0 Å². The second-order valence-electron chi connectivity index (χ2n) is 3.77. The van der Waals surface area contributed by atoms with Crippen molar-refractivity contribution in [3.63, 3.8) is 0 Å². The van der Waals surface area contributed by atoms with Gasteiger partial charge in [-0.2, -0.15) is 0 Å². The van der Waals surface area contributed by atoms with Crippen LogP contribution in [0.3, 0.4) is 0 Å². The molecular weight excluding hydrogens is 231 g/mol. The van der Waals surface area contributed by atoms with E-state index in [2.05, 4.69) is 0 Å². The molecule has 0 amide bonds. The van der Waals surface area contributed by atoms with Gasteiger partial charge in [-0.15, -0.1) is 0 Å². The summed E-state index contributed by atoms with van der Waals surface area (Å²) in [6.45, 7) is 0. The molecule has 0 unspecified atom stereocenters. The molecule has 0 aliphatic carbocycles. The summed E-state index contributed by atoms with van der Waals surface area (Å²) in [5.41, 5.74) is 2.06. The Morgan fingerprint density at radius 1 is 1.06 bits per heavy atom. The third kappa shape index (κ3) is 2.83. The maximum Gasteiger partial charge on any atom is 0.328 e. The molecule has 0 atom stereocenters. The summed E-state index contributed by atoms with van der Waals surface area (Å²) in [5, 5.41) is 8.51. The third-order valence-corrected chi connectivity index (χ3v) is 2.51. The van der Waals surface area contributed by atoms with E-state index >= 15 is 0 Å². The number of halogens is 1. The average Bonchev–Trinajstić information content (AvgIpc) is 2.38. The van der Waals surface area contributed by atoms with Gasteiger partial charge in [-0.1, -0.05) is 42.5 Å². The number of hydrogen-bond donors (Lipinski definition) is 1. The van der Waals surface area contributed by atoms with Crippen LogP contribution in [0.5, 0.6) is 0 Å². The van der Waals surface area contributed by atoms with E-state index in [-0.39, 0.29) is 5.82 Å². The van der Waals surface area contributed by atoms with Crippen molar-refractivity contribution >= 4 is 12.0 Å². The van der Waals surface area contributed by atoms with Crippen molar-refractivity contribution < 1.29 is 14.3 Å². The van der Waals surface area contributed by atoms with Crippen LogP contribution in [0.15, 0.2) is 54.6 Å². The Bertz CT molecular complexity index is 586. The van der Waals surface area contributed by atoms with Gasteiger partial charge < -0.3 is 5.11 Å². The predicted octanol–water partition coefficient (Wildman–Crippen LogP) is 3.59. The second kappa shape index (κ2) is 5.27. The first-order valence-corrected chi connectivity index (χ1v) is 5.43. The van der Waals surface area contributed by atoms with Gasteiger partial charge in [-0.3, -0.25) is 0 Å². The Kier molecular flexibility index (Phi) is 3.53. The highest BCUT2D eigenvalue weighted by molar-refractivity contribution is 5.85. The third-order valence-electron chi connectivity index (χ3n) is 2.51. The van der Waals surface area contributed by atoms with Crippen molar-refractivity contribution in [1.82, 2.24) is 0 Å². The predicted molar refractivity (Wildman–Crippen MR) is 68.5 cm³/mol. The minimum absolute atomic E-state index is 0.272. The minimum Gasteiger partial charge on any atom is -0.478 e. The van der Waals surface area contributed by atoms with Gasteiger partial charge in [0.1, 0.15) is 5.82 Å². The Morgan fingerprint density at radius 2 is 1.72 bits per heavy atom. The zero-order valence-corrected chi connectivity index (χ0v) is 9.51. The van der Waals surface area contributed by atoms with Crippen LogP contribution < -0.4 is 0 Å². The van der Waals surface area contributed by atoms with Crippen molar-refractivity contribution in [1.29, 1.82) is 0 Å². The van der Waals surface area contributed by atoms with Gasteiger partial charge in [0.2, 0.25) is 0 Å². The number of carboxylic acid groups (broad SMARTS) is 1. The SMILES string of the molecule is O=C(O)/C=C/c1ccc(-c2ccccc2F)cc1. The van der Waals surface area contributed by atoms with Gasteiger partial charge in [0.15, 0.2) is 0 Å². The summed E-state index contributed by atoms with van der Waals surface area (Å²) >= 11 is 0. The molecule has 0 spiro atoms. The number of benzene rings is 2. The molecule has 0 aliphatic heterocycles. The average molecular weight is 242 g/mol. The Balaban J connectivity index is 2.28. The zero-order chi connectivity index (χ0) is 13.0. The fourth-order valence-corrected chi connectivity index (χ4v) is 1.64. The molecule has 0 saturated carbocycles. The van der Waals surface area contributed by atoms with Crippen LogP contribution in [-0.4, -0.2) is 11.1 Å². The molecule has 2 aromatic rings. The molecule has 2 aromatic carbocycles. The molecule has 2 rings (SSSR count). The van der Waals surface area contributed by atoms with E-state index in [4.69, 9.17) is 5.11 Å². The number of carboxylic acids is 1. The van der Waals surface area contributed by atoms with Crippen LogP contribution in [0.2, 0.25) is 0 Å². The Morgan fingerprint density at radius 3 is 2.33 bits per heavy atom. The molecule has 0 aliphatic rings. The van der Waals surface area contributed by atoms with Crippen LogP contribution in [0, 0.1) is 5.82 Å². The highest BCUT2D eigenvalue weighted by atomic mass is 19.1. The molecule has 0 radical (unpaired) electrons. The number of aliphatic carboxylic acids is 1. The van der Waals surface area contributed by atoms with Crippen molar-refractivity contribution in [3.8, 4) is 11.1 Å². The first-order chi connectivity index (χ1) is 8.66. The van der Waals surface area contributed by atoms with Crippen LogP contribution in [0.1, 0.15) is 5.56 Å². The monoisotopic (exact) mass is 242 g/mol. The normalized spacial score (nSPS) is 10.7.